The number of rotatable bonds is 4. The second-order valence-electron chi connectivity index (χ2n) is 7.66. The van der Waals surface area contributed by atoms with Gasteiger partial charge in [-0.3, -0.25) is 14.5 Å². The Morgan fingerprint density at radius 3 is 2.75 bits per heavy atom. The Balaban J connectivity index is 0.00000225. The van der Waals surface area contributed by atoms with Crippen molar-refractivity contribution >= 4 is 30.3 Å². The number of urea groups is 1. The van der Waals surface area contributed by atoms with E-state index in [2.05, 4.69) is 10.6 Å². The lowest BCUT2D eigenvalue weighted by atomic mass is 9.96. The topological polar surface area (TPSA) is 81.8 Å². The number of halogens is 2. The van der Waals surface area contributed by atoms with E-state index in [4.69, 9.17) is 0 Å². The van der Waals surface area contributed by atoms with Gasteiger partial charge in [-0.1, -0.05) is 12.1 Å². The average Bonchev–Trinajstić information content (AvgIpc) is 3.48. The quantitative estimate of drug-likeness (QED) is 0.736. The van der Waals surface area contributed by atoms with Crippen LogP contribution in [0.15, 0.2) is 24.3 Å². The zero-order valence-electron chi connectivity index (χ0n) is 15.6. The first-order chi connectivity index (χ1) is 12.9. The van der Waals surface area contributed by atoms with E-state index in [1.807, 2.05) is 0 Å². The van der Waals surface area contributed by atoms with Crippen LogP contribution in [0.25, 0.3) is 0 Å². The number of hydrogen-bond donors (Lipinski definition) is 2. The van der Waals surface area contributed by atoms with Crippen LogP contribution in [0.5, 0.6) is 0 Å². The molecule has 3 aliphatic rings. The Kier molecular flexibility index (Phi) is 5.63. The highest BCUT2D eigenvalue weighted by Gasteiger charge is 2.56. The maximum atomic E-state index is 13.6. The standard InChI is InChI=1S/C19H23FN4O3.ClH/c1-19(13-5-6-13)17(26)24(18(27)22-19)11-16(25)23-8-7-21-10-15(23)12-3-2-4-14(20)9-12;/h2-4,9,13,15,21H,5-8,10-11H2,1H3,(H,22,27);1H. The average molecular weight is 411 g/mol. The molecule has 2 N–H and O–H groups in total. The first kappa shape index (κ1) is 20.5. The molecule has 2 unspecified atom stereocenters. The van der Waals surface area contributed by atoms with Crippen LogP contribution in [0, 0.1) is 11.7 Å². The molecule has 9 heteroatoms. The lowest BCUT2D eigenvalue weighted by molar-refractivity contribution is -0.141. The molecular weight excluding hydrogens is 387 g/mol. The first-order valence-corrected chi connectivity index (χ1v) is 9.30. The number of piperazine rings is 1. The number of benzene rings is 1. The molecule has 7 nitrogen and oxygen atoms in total. The molecular formula is C19H24ClFN4O3. The number of hydrogen-bond acceptors (Lipinski definition) is 4. The van der Waals surface area contributed by atoms with Crippen molar-refractivity contribution in [1.29, 1.82) is 0 Å². The number of nitrogens with zero attached hydrogens (tertiary/aromatic N) is 2. The van der Waals surface area contributed by atoms with Gasteiger partial charge in [-0.15, -0.1) is 12.4 Å². The number of imide groups is 1. The molecule has 3 fully saturated rings. The minimum absolute atomic E-state index is 0. The molecule has 4 amide bonds. The van der Waals surface area contributed by atoms with Crippen LogP contribution in [0.4, 0.5) is 9.18 Å². The molecule has 2 atom stereocenters. The molecule has 1 aromatic rings. The molecule has 2 heterocycles. The van der Waals surface area contributed by atoms with E-state index < -0.39 is 11.6 Å². The van der Waals surface area contributed by atoms with Crippen molar-refractivity contribution in [2.45, 2.75) is 31.3 Å². The van der Waals surface area contributed by atoms with Gasteiger partial charge in [-0.25, -0.2) is 9.18 Å². The summed E-state index contributed by atoms with van der Waals surface area (Å²) in [5.74, 6) is -0.858. The summed E-state index contributed by atoms with van der Waals surface area (Å²) in [5, 5.41) is 5.96. The molecule has 152 valence electrons. The molecule has 0 aromatic heterocycles. The summed E-state index contributed by atoms with van der Waals surface area (Å²) in [6.45, 7) is 2.98. The van der Waals surface area contributed by atoms with Crippen molar-refractivity contribution in [1.82, 2.24) is 20.4 Å². The third-order valence-corrected chi connectivity index (χ3v) is 5.79. The smallest absolute Gasteiger partial charge is 0.325 e. The lowest BCUT2D eigenvalue weighted by Gasteiger charge is -2.37. The summed E-state index contributed by atoms with van der Waals surface area (Å²) in [7, 11) is 0. The highest BCUT2D eigenvalue weighted by Crippen LogP contribution is 2.42. The van der Waals surface area contributed by atoms with Crippen molar-refractivity contribution < 1.29 is 18.8 Å². The van der Waals surface area contributed by atoms with Gasteiger partial charge in [0.05, 0.1) is 6.04 Å². The lowest BCUT2D eigenvalue weighted by Crippen LogP contribution is -2.52. The van der Waals surface area contributed by atoms with E-state index >= 15 is 0 Å². The largest absolute Gasteiger partial charge is 0.332 e. The predicted octanol–water partition coefficient (Wildman–Crippen LogP) is 1.44. The van der Waals surface area contributed by atoms with Crippen molar-refractivity contribution in [2.24, 2.45) is 5.92 Å². The molecule has 1 aromatic carbocycles. The zero-order valence-corrected chi connectivity index (χ0v) is 16.4. The van der Waals surface area contributed by atoms with Crippen LogP contribution < -0.4 is 10.6 Å². The molecule has 0 bridgehead atoms. The summed E-state index contributed by atoms with van der Waals surface area (Å²) in [5.41, 5.74) is -0.210. The molecule has 4 rings (SSSR count). The summed E-state index contributed by atoms with van der Waals surface area (Å²) >= 11 is 0. The van der Waals surface area contributed by atoms with E-state index in [-0.39, 0.29) is 48.5 Å². The Bertz CT molecular complexity index is 803. The maximum absolute atomic E-state index is 13.6. The number of carbonyl (C=O) groups excluding carboxylic acids is 3. The van der Waals surface area contributed by atoms with Gasteiger partial charge < -0.3 is 15.5 Å². The van der Waals surface area contributed by atoms with Gasteiger partial charge in [-0.05, 0) is 43.4 Å². The monoisotopic (exact) mass is 410 g/mol. The second-order valence-corrected chi connectivity index (χ2v) is 7.66. The van der Waals surface area contributed by atoms with Gasteiger partial charge >= 0.3 is 6.03 Å². The van der Waals surface area contributed by atoms with Crippen LogP contribution in [-0.2, 0) is 9.59 Å². The number of amides is 4. The Hall–Kier alpha value is -2.19. The Labute approximate surface area is 169 Å². The third-order valence-electron chi connectivity index (χ3n) is 5.79. The Morgan fingerprint density at radius 1 is 1.32 bits per heavy atom. The van der Waals surface area contributed by atoms with Crippen molar-refractivity contribution in [3.8, 4) is 0 Å². The van der Waals surface area contributed by atoms with Crippen molar-refractivity contribution in [3.05, 3.63) is 35.6 Å². The summed E-state index contributed by atoms with van der Waals surface area (Å²) in [6.07, 6.45) is 1.81. The molecule has 1 aliphatic carbocycles. The summed E-state index contributed by atoms with van der Waals surface area (Å²) < 4.78 is 13.6. The van der Waals surface area contributed by atoms with Gasteiger partial charge in [0.1, 0.15) is 17.9 Å². The number of nitrogens with one attached hydrogen (secondary N) is 2. The third kappa shape index (κ3) is 3.58. The van der Waals surface area contributed by atoms with Gasteiger partial charge in [0.15, 0.2) is 0 Å². The van der Waals surface area contributed by atoms with Crippen LogP contribution >= 0.6 is 12.4 Å². The van der Waals surface area contributed by atoms with Crippen LogP contribution in [0.1, 0.15) is 31.4 Å². The zero-order chi connectivity index (χ0) is 19.2. The van der Waals surface area contributed by atoms with E-state index in [1.165, 1.54) is 12.1 Å². The summed E-state index contributed by atoms with van der Waals surface area (Å²) in [6, 6.07) is 5.31. The van der Waals surface area contributed by atoms with E-state index in [1.54, 1.807) is 24.0 Å². The fourth-order valence-corrected chi connectivity index (χ4v) is 4.04. The predicted molar refractivity (Wildman–Crippen MR) is 102 cm³/mol. The van der Waals surface area contributed by atoms with E-state index in [0.717, 1.165) is 17.7 Å². The van der Waals surface area contributed by atoms with Crippen LogP contribution in [0.2, 0.25) is 0 Å². The first-order valence-electron chi connectivity index (χ1n) is 9.30. The van der Waals surface area contributed by atoms with Gasteiger partial charge in [-0.2, -0.15) is 0 Å². The van der Waals surface area contributed by atoms with Crippen molar-refractivity contribution in [2.75, 3.05) is 26.2 Å². The fourth-order valence-electron chi connectivity index (χ4n) is 4.04. The highest BCUT2D eigenvalue weighted by molar-refractivity contribution is 6.09. The normalized spacial score (nSPS) is 27.4. The van der Waals surface area contributed by atoms with Gasteiger partial charge in [0, 0.05) is 19.6 Å². The minimum atomic E-state index is -0.900. The van der Waals surface area contributed by atoms with Crippen LogP contribution in [0.3, 0.4) is 0 Å². The molecule has 2 saturated heterocycles. The molecule has 0 spiro atoms. The molecule has 1 saturated carbocycles. The van der Waals surface area contributed by atoms with Gasteiger partial charge in [0.25, 0.3) is 5.91 Å². The molecule has 2 aliphatic heterocycles. The second kappa shape index (κ2) is 7.67. The maximum Gasteiger partial charge on any atom is 0.325 e. The fraction of sp³-hybridized carbons (Fsp3) is 0.526. The van der Waals surface area contributed by atoms with Crippen molar-refractivity contribution in [3.63, 3.8) is 0 Å². The van der Waals surface area contributed by atoms with Gasteiger partial charge in [0.2, 0.25) is 5.91 Å². The number of carbonyl (C=O) groups is 3. The minimum Gasteiger partial charge on any atom is -0.332 e. The van der Waals surface area contributed by atoms with E-state index in [9.17, 15) is 18.8 Å². The Morgan fingerprint density at radius 2 is 2.07 bits per heavy atom. The van der Waals surface area contributed by atoms with E-state index in [0.29, 0.717) is 25.2 Å². The van der Waals surface area contributed by atoms with Crippen LogP contribution in [-0.4, -0.2) is 59.4 Å². The molecule has 28 heavy (non-hydrogen) atoms. The SMILES string of the molecule is CC1(C2CC2)NC(=O)N(CC(=O)N2CCNCC2c2cccc(F)c2)C1=O.Cl. The molecule has 0 radical (unpaired) electrons. The highest BCUT2D eigenvalue weighted by atomic mass is 35.5. The summed E-state index contributed by atoms with van der Waals surface area (Å²) in [4.78, 5) is 40.6.